The second kappa shape index (κ2) is 6.72. The van der Waals surface area contributed by atoms with Gasteiger partial charge in [0.15, 0.2) is 0 Å². The molecule has 1 aliphatic heterocycles. The standard InChI is InChI=1S/C17H20N4O3S/c1-3-8-18-16-7-4-13(11-19-16)20-25(23,24)14-5-6-15-12(9-14)10-17(22)21(15)2/h4-7,9,11,20H,3,8,10H2,1-2H3,(H,18,19). The molecule has 1 aromatic heterocycles. The summed E-state index contributed by atoms with van der Waals surface area (Å²) in [5.41, 5.74) is 1.85. The number of fused-ring (bicyclic) bond motifs is 1. The molecule has 0 radical (unpaired) electrons. The molecule has 2 N–H and O–H groups in total. The van der Waals surface area contributed by atoms with E-state index in [9.17, 15) is 13.2 Å². The van der Waals surface area contributed by atoms with Crippen molar-refractivity contribution in [3.05, 3.63) is 42.1 Å². The van der Waals surface area contributed by atoms with Crippen LogP contribution < -0.4 is 14.9 Å². The van der Waals surface area contributed by atoms with Crippen molar-refractivity contribution < 1.29 is 13.2 Å². The Hall–Kier alpha value is -2.61. The summed E-state index contributed by atoms with van der Waals surface area (Å²) in [6.45, 7) is 2.86. The zero-order valence-electron chi connectivity index (χ0n) is 14.1. The van der Waals surface area contributed by atoms with Crippen LogP contribution in [0.25, 0.3) is 0 Å². The Morgan fingerprint density at radius 3 is 2.72 bits per heavy atom. The maximum atomic E-state index is 12.6. The molecule has 2 heterocycles. The van der Waals surface area contributed by atoms with Gasteiger partial charge in [0.25, 0.3) is 10.0 Å². The number of likely N-dealkylation sites (N-methyl/N-ethyl adjacent to an activating group) is 1. The van der Waals surface area contributed by atoms with E-state index in [1.54, 1.807) is 31.3 Å². The van der Waals surface area contributed by atoms with Gasteiger partial charge in [-0.05, 0) is 42.3 Å². The van der Waals surface area contributed by atoms with Crippen LogP contribution in [0.2, 0.25) is 0 Å². The lowest BCUT2D eigenvalue weighted by Crippen LogP contribution is -2.20. The number of nitrogens with one attached hydrogen (secondary N) is 2. The van der Waals surface area contributed by atoms with E-state index < -0.39 is 10.0 Å². The third-order valence-electron chi connectivity index (χ3n) is 4.01. The van der Waals surface area contributed by atoms with Gasteiger partial charge in [-0.15, -0.1) is 0 Å². The number of hydrogen-bond donors (Lipinski definition) is 2. The molecule has 1 aliphatic rings. The van der Waals surface area contributed by atoms with Crippen LogP contribution >= 0.6 is 0 Å². The van der Waals surface area contributed by atoms with Gasteiger partial charge in [0, 0.05) is 19.3 Å². The molecule has 0 aliphatic carbocycles. The van der Waals surface area contributed by atoms with Crippen molar-refractivity contribution in [2.24, 2.45) is 0 Å². The molecule has 0 fully saturated rings. The zero-order valence-corrected chi connectivity index (χ0v) is 14.9. The molecule has 2 aromatic rings. The number of benzene rings is 1. The van der Waals surface area contributed by atoms with Crippen LogP contribution in [0.5, 0.6) is 0 Å². The molecule has 8 heteroatoms. The van der Waals surface area contributed by atoms with E-state index in [1.165, 1.54) is 17.2 Å². The molecule has 7 nitrogen and oxygen atoms in total. The van der Waals surface area contributed by atoms with E-state index in [4.69, 9.17) is 0 Å². The van der Waals surface area contributed by atoms with Crippen molar-refractivity contribution in [3.8, 4) is 0 Å². The van der Waals surface area contributed by atoms with E-state index in [2.05, 4.69) is 21.9 Å². The Kier molecular flexibility index (Phi) is 4.63. The SMILES string of the molecule is CCCNc1ccc(NS(=O)(=O)c2ccc3c(c2)CC(=O)N3C)cn1. The first-order valence-corrected chi connectivity index (χ1v) is 9.51. The lowest BCUT2D eigenvalue weighted by molar-refractivity contribution is -0.117. The zero-order chi connectivity index (χ0) is 18.0. The number of hydrogen-bond acceptors (Lipinski definition) is 5. The van der Waals surface area contributed by atoms with Crippen LogP contribution in [0, 0.1) is 0 Å². The average molecular weight is 360 g/mol. The predicted octanol–water partition coefficient (Wildman–Crippen LogP) is 2.22. The number of sulfonamides is 1. The summed E-state index contributed by atoms with van der Waals surface area (Å²) in [7, 11) is -2.06. The Bertz CT molecular complexity index is 895. The Balaban J connectivity index is 1.78. The van der Waals surface area contributed by atoms with E-state index in [0.29, 0.717) is 17.1 Å². The molecule has 0 atom stereocenters. The average Bonchev–Trinajstić information content (AvgIpc) is 2.88. The Labute approximate surface area is 147 Å². The van der Waals surface area contributed by atoms with Crippen molar-refractivity contribution >= 4 is 33.1 Å². The highest BCUT2D eigenvalue weighted by Crippen LogP contribution is 2.30. The molecule has 25 heavy (non-hydrogen) atoms. The minimum absolute atomic E-state index is 0.0446. The van der Waals surface area contributed by atoms with Gasteiger partial charge in [-0.25, -0.2) is 13.4 Å². The highest BCUT2D eigenvalue weighted by Gasteiger charge is 2.26. The van der Waals surface area contributed by atoms with Gasteiger partial charge in [0.2, 0.25) is 5.91 Å². The Morgan fingerprint density at radius 1 is 1.24 bits per heavy atom. The third-order valence-corrected chi connectivity index (χ3v) is 5.39. The molecule has 0 spiro atoms. The van der Waals surface area contributed by atoms with Gasteiger partial charge in [0.05, 0.1) is 23.2 Å². The van der Waals surface area contributed by atoms with Crippen molar-refractivity contribution in [3.63, 3.8) is 0 Å². The molecule has 1 aromatic carbocycles. The largest absolute Gasteiger partial charge is 0.370 e. The minimum Gasteiger partial charge on any atom is -0.370 e. The molecule has 3 rings (SSSR count). The van der Waals surface area contributed by atoms with E-state index in [-0.39, 0.29) is 17.2 Å². The van der Waals surface area contributed by atoms with Crippen LogP contribution in [-0.4, -0.2) is 32.9 Å². The third kappa shape index (κ3) is 3.58. The van der Waals surface area contributed by atoms with Crippen LogP contribution in [-0.2, 0) is 21.2 Å². The van der Waals surface area contributed by atoms with Gasteiger partial charge in [0.1, 0.15) is 5.82 Å². The van der Waals surface area contributed by atoms with Crippen LogP contribution in [0.1, 0.15) is 18.9 Å². The van der Waals surface area contributed by atoms with Gasteiger partial charge in [-0.2, -0.15) is 0 Å². The van der Waals surface area contributed by atoms with Crippen LogP contribution in [0.3, 0.4) is 0 Å². The maximum absolute atomic E-state index is 12.6. The van der Waals surface area contributed by atoms with Crippen molar-refractivity contribution in [2.45, 2.75) is 24.7 Å². The lowest BCUT2D eigenvalue weighted by Gasteiger charge is -2.12. The van der Waals surface area contributed by atoms with Crippen LogP contribution in [0.4, 0.5) is 17.2 Å². The summed E-state index contributed by atoms with van der Waals surface area (Å²) >= 11 is 0. The summed E-state index contributed by atoms with van der Waals surface area (Å²) in [6.07, 6.45) is 2.67. The van der Waals surface area contributed by atoms with E-state index in [1.807, 2.05) is 0 Å². The molecular formula is C17H20N4O3S. The molecule has 0 saturated carbocycles. The van der Waals surface area contributed by atoms with Crippen molar-refractivity contribution in [1.82, 2.24) is 4.98 Å². The molecule has 0 bridgehead atoms. The summed E-state index contributed by atoms with van der Waals surface area (Å²) in [5.74, 6) is 0.653. The number of anilines is 3. The number of rotatable bonds is 6. The molecule has 0 saturated heterocycles. The lowest BCUT2D eigenvalue weighted by atomic mass is 10.2. The van der Waals surface area contributed by atoms with Gasteiger partial charge in [-0.1, -0.05) is 6.92 Å². The monoisotopic (exact) mass is 360 g/mol. The first-order chi connectivity index (χ1) is 11.9. The first kappa shape index (κ1) is 17.2. The highest BCUT2D eigenvalue weighted by atomic mass is 32.2. The van der Waals surface area contributed by atoms with Crippen LogP contribution in [0.15, 0.2) is 41.4 Å². The fourth-order valence-electron chi connectivity index (χ4n) is 2.64. The smallest absolute Gasteiger partial charge is 0.261 e. The number of aromatic nitrogens is 1. The Morgan fingerprint density at radius 2 is 2.04 bits per heavy atom. The quantitative estimate of drug-likeness (QED) is 0.824. The number of pyridine rings is 1. The molecule has 132 valence electrons. The maximum Gasteiger partial charge on any atom is 0.261 e. The topological polar surface area (TPSA) is 91.4 Å². The van der Waals surface area contributed by atoms with Gasteiger partial charge < -0.3 is 10.2 Å². The number of nitrogens with zero attached hydrogens (tertiary/aromatic N) is 2. The second-order valence-electron chi connectivity index (χ2n) is 5.88. The van der Waals surface area contributed by atoms with E-state index in [0.717, 1.165) is 18.7 Å². The van der Waals surface area contributed by atoms with Gasteiger partial charge >= 0.3 is 0 Å². The van der Waals surface area contributed by atoms with Crippen molar-refractivity contribution in [1.29, 1.82) is 0 Å². The van der Waals surface area contributed by atoms with Crippen molar-refractivity contribution in [2.75, 3.05) is 28.5 Å². The number of amides is 1. The minimum atomic E-state index is -3.74. The van der Waals surface area contributed by atoms with E-state index >= 15 is 0 Å². The fourth-order valence-corrected chi connectivity index (χ4v) is 3.73. The summed E-state index contributed by atoms with van der Waals surface area (Å²) in [4.78, 5) is 17.6. The summed E-state index contributed by atoms with van der Waals surface area (Å²) in [5, 5.41) is 3.13. The molecule has 0 unspecified atom stereocenters. The fraction of sp³-hybridized carbons (Fsp3) is 0.294. The predicted molar refractivity (Wildman–Crippen MR) is 97.4 cm³/mol. The second-order valence-corrected chi connectivity index (χ2v) is 7.57. The summed E-state index contributed by atoms with van der Waals surface area (Å²) in [6, 6.07) is 8.09. The number of carbonyl (C=O) groups excluding carboxylic acids is 1. The molecular weight excluding hydrogens is 340 g/mol. The number of carbonyl (C=O) groups is 1. The summed E-state index contributed by atoms with van der Waals surface area (Å²) < 4.78 is 27.7. The van der Waals surface area contributed by atoms with Gasteiger partial charge in [-0.3, -0.25) is 9.52 Å². The normalized spacial score (nSPS) is 13.7. The highest BCUT2D eigenvalue weighted by molar-refractivity contribution is 7.92. The molecule has 1 amide bonds. The first-order valence-electron chi connectivity index (χ1n) is 8.03.